The molecule has 4 aromatic rings. The van der Waals surface area contributed by atoms with Gasteiger partial charge < -0.3 is 4.74 Å². The zero-order valence-electron chi connectivity index (χ0n) is 17.5. The topological polar surface area (TPSA) is 39.2 Å². The normalized spacial score (nSPS) is 10.7. The average molecular weight is 429 g/mol. The molecule has 0 N–H and O–H groups in total. The third-order valence-electron chi connectivity index (χ3n) is 5.19. The number of Topliss-reactive ketones (excluding diaryl/α,β-unsaturated/α-hetero) is 1. The van der Waals surface area contributed by atoms with E-state index in [1.165, 1.54) is 6.07 Å². The number of benzene rings is 3. The number of aryl methyl sites for hydroxylation is 1. The zero-order chi connectivity index (χ0) is 22.5. The molecule has 4 rings (SSSR count). The van der Waals surface area contributed by atoms with Crippen molar-refractivity contribution in [1.29, 1.82) is 0 Å². The molecule has 0 aliphatic rings. The number of hydrogen-bond acceptors (Lipinski definition) is 3. The molecule has 160 valence electrons. The SMILES string of the molecule is Cc1ccc(OCc2ccccn2)cc1-c1ccc(CC(=O)c2c(F)cccc2F)cc1. The molecule has 0 spiro atoms. The Hall–Kier alpha value is -3.86. The van der Waals surface area contributed by atoms with Crippen molar-refractivity contribution in [2.45, 2.75) is 20.0 Å². The quantitative estimate of drug-likeness (QED) is 0.322. The lowest BCUT2D eigenvalue weighted by Crippen LogP contribution is -2.09. The molecule has 1 aromatic heterocycles. The molecule has 0 bridgehead atoms. The molecule has 0 atom stereocenters. The van der Waals surface area contributed by atoms with Crippen LogP contribution in [0.5, 0.6) is 5.75 Å². The minimum Gasteiger partial charge on any atom is -0.487 e. The van der Waals surface area contributed by atoms with Gasteiger partial charge in [0.25, 0.3) is 0 Å². The highest BCUT2D eigenvalue weighted by molar-refractivity contribution is 5.98. The number of halogens is 2. The van der Waals surface area contributed by atoms with E-state index in [1.54, 1.807) is 18.3 Å². The van der Waals surface area contributed by atoms with E-state index < -0.39 is 23.0 Å². The molecule has 0 saturated heterocycles. The smallest absolute Gasteiger partial charge is 0.173 e. The fourth-order valence-electron chi connectivity index (χ4n) is 3.48. The Morgan fingerprint density at radius 2 is 1.66 bits per heavy atom. The number of rotatable bonds is 7. The second-order valence-electron chi connectivity index (χ2n) is 7.48. The van der Waals surface area contributed by atoms with E-state index in [0.29, 0.717) is 12.2 Å². The summed E-state index contributed by atoms with van der Waals surface area (Å²) in [5.74, 6) is -1.55. The van der Waals surface area contributed by atoms with Crippen LogP contribution in [-0.4, -0.2) is 10.8 Å². The molecule has 5 heteroatoms. The summed E-state index contributed by atoms with van der Waals surface area (Å²) in [5.41, 5.74) is 4.06. The van der Waals surface area contributed by atoms with Gasteiger partial charge in [-0.15, -0.1) is 0 Å². The Morgan fingerprint density at radius 3 is 2.34 bits per heavy atom. The van der Waals surface area contributed by atoms with Crippen molar-refractivity contribution in [3.05, 3.63) is 119 Å². The number of nitrogens with zero attached hydrogens (tertiary/aromatic N) is 1. The number of pyridine rings is 1. The predicted octanol–water partition coefficient (Wildman–Crippen LogP) is 6.34. The third kappa shape index (κ3) is 4.89. The van der Waals surface area contributed by atoms with E-state index in [2.05, 4.69) is 4.98 Å². The minimum atomic E-state index is -0.843. The Morgan fingerprint density at radius 1 is 0.906 bits per heavy atom. The van der Waals surface area contributed by atoms with Crippen LogP contribution >= 0.6 is 0 Å². The van der Waals surface area contributed by atoms with Gasteiger partial charge >= 0.3 is 0 Å². The molecule has 0 amide bonds. The highest BCUT2D eigenvalue weighted by Crippen LogP contribution is 2.28. The van der Waals surface area contributed by atoms with E-state index in [1.807, 2.05) is 55.5 Å². The summed E-state index contributed by atoms with van der Waals surface area (Å²) in [6.45, 7) is 2.38. The van der Waals surface area contributed by atoms with Crippen LogP contribution in [0.15, 0.2) is 85.1 Å². The van der Waals surface area contributed by atoms with E-state index in [0.717, 1.165) is 40.3 Å². The lowest BCUT2D eigenvalue weighted by Gasteiger charge is -2.11. The maximum atomic E-state index is 13.9. The first-order valence-electron chi connectivity index (χ1n) is 10.2. The van der Waals surface area contributed by atoms with Gasteiger partial charge in [0.05, 0.1) is 11.3 Å². The van der Waals surface area contributed by atoms with Crippen molar-refractivity contribution in [2.24, 2.45) is 0 Å². The van der Waals surface area contributed by atoms with E-state index >= 15 is 0 Å². The summed E-state index contributed by atoms with van der Waals surface area (Å²) >= 11 is 0. The van der Waals surface area contributed by atoms with Gasteiger partial charge in [-0.3, -0.25) is 9.78 Å². The summed E-state index contributed by atoms with van der Waals surface area (Å²) < 4.78 is 33.6. The maximum Gasteiger partial charge on any atom is 0.173 e. The van der Waals surface area contributed by atoms with Crippen molar-refractivity contribution in [3.63, 3.8) is 0 Å². The van der Waals surface area contributed by atoms with E-state index in [4.69, 9.17) is 4.74 Å². The number of ketones is 1. The molecule has 0 fully saturated rings. The van der Waals surface area contributed by atoms with Crippen LogP contribution in [0.3, 0.4) is 0 Å². The molecule has 0 unspecified atom stereocenters. The fraction of sp³-hybridized carbons (Fsp3) is 0.111. The van der Waals surface area contributed by atoms with Crippen LogP contribution < -0.4 is 4.74 Å². The van der Waals surface area contributed by atoms with Crippen molar-refractivity contribution < 1.29 is 18.3 Å². The Labute approximate surface area is 185 Å². The Kier molecular flexibility index (Phi) is 6.36. The molecule has 32 heavy (non-hydrogen) atoms. The highest BCUT2D eigenvalue weighted by Gasteiger charge is 2.17. The van der Waals surface area contributed by atoms with Crippen molar-refractivity contribution in [3.8, 4) is 16.9 Å². The van der Waals surface area contributed by atoms with Crippen LogP contribution in [-0.2, 0) is 13.0 Å². The number of ether oxygens (including phenoxy) is 1. The van der Waals surface area contributed by atoms with Crippen LogP contribution in [0, 0.1) is 18.6 Å². The first kappa shape index (κ1) is 21.4. The van der Waals surface area contributed by atoms with Gasteiger partial charge in [-0.2, -0.15) is 0 Å². The van der Waals surface area contributed by atoms with Gasteiger partial charge in [0.1, 0.15) is 24.0 Å². The molecule has 0 saturated carbocycles. The molecule has 1 heterocycles. The summed E-state index contributed by atoms with van der Waals surface area (Å²) in [7, 11) is 0. The molecule has 0 aliphatic heterocycles. The highest BCUT2D eigenvalue weighted by atomic mass is 19.1. The summed E-state index contributed by atoms with van der Waals surface area (Å²) in [6.07, 6.45) is 1.65. The van der Waals surface area contributed by atoms with Crippen molar-refractivity contribution in [1.82, 2.24) is 4.98 Å². The molecular weight excluding hydrogens is 408 g/mol. The fourth-order valence-corrected chi connectivity index (χ4v) is 3.48. The van der Waals surface area contributed by atoms with E-state index in [9.17, 15) is 13.6 Å². The van der Waals surface area contributed by atoms with Crippen LogP contribution in [0.4, 0.5) is 8.78 Å². The monoisotopic (exact) mass is 429 g/mol. The average Bonchev–Trinajstić information content (AvgIpc) is 2.80. The van der Waals surface area contributed by atoms with Gasteiger partial charge in [0.2, 0.25) is 0 Å². The molecular formula is C27H21F2NO2. The van der Waals surface area contributed by atoms with E-state index in [-0.39, 0.29) is 6.42 Å². The third-order valence-corrected chi connectivity index (χ3v) is 5.19. The first-order valence-corrected chi connectivity index (χ1v) is 10.2. The summed E-state index contributed by atoms with van der Waals surface area (Å²) in [5, 5.41) is 0. The van der Waals surface area contributed by atoms with Gasteiger partial charge in [-0.25, -0.2) is 8.78 Å². The first-order chi connectivity index (χ1) is 15.5. The largest absolute Gasteiger partial charge is 0.487 e. The minimum absolute atomic E-state index is 0.0790. The summed E-state index contributed by atoms with van der Waals surface area (Å²) in [6, 6.07) is 22.4. The number of aromatic nitrogens is 1. The second-order valence-corrected chi connectivity index (χ2v) is 7.48. The zero-order valence-corrected chi connectivity index (χ0v) is 17.5. The van der Waals surface area contributed by atoms with Gasteiger partial charge in [0, 0.05) is 12.6 Å². The standard InChI is InChI=1S/C27H21F2NO2/c1-18-8-13-22(32-17-21-5-2-3-14-30-21)16-23(18)20-11-9-19(10-12-20)15-26(31)27-24(28)6-4-7-25(27)29/h2-14,16H,15,17H2,1H3. The second kappa shape index (κ2) is 9.52. The number of hydrogen-bond donors (Lipinski definition) is 0. The van der Waals surface area contributed by atoms with Crippen LogP contribution in [0.1, 0.15) is 27.2 Å². The van der Waals surface area contributed by atoms with Crippen molar-refractivity contribution >= 4 is 5.78 Å². The molecule has 3 nitrogen and oxygen atoms in total. The predicted molar refractivity (Wildman–Crippen MR) is 120 cm³/mol. The molecule has 0 radical (unpaired) electrons. The number of carbonyl (C=O) groups excluding carboxylic acids is 1. The van der Waals surface area contributed by atoms with Crippen LogP contribution in [0.25, 0.3) is 11.1 Å². The lowest BCUT2D eigenvalue weighted by molar-refractivity contribution is 0.0985. The Balaban J connectivity index is 1.49. The number of carbonyl (C=O) groups is 1. The van der Waals surface area contributed by atoms with Gasteiger partial charge in [-0.1, -0.05) is 42.5 Å². The van der Waals surface area contributed by atoms with Gasteiger partial charge in [0.15, 0.2) is 5.78 Å². The summed E-state index contributed by atoms with van der Waals surface area (Å²) in [4.78, 5) is 16.7. The van der Waals surface area contributed by atoms with Crippen LogP contribution in [0.2, 0.25) is 0 Å². The Bertz CT molecular complexity index is 1220. The molecule has 3 aromatic carbocycles. The lowest BCUT2D eigenvalue weighted by atomic mass is 9.97. The van der Waals surface area contributed by atoms with Gasteiger partial charge in [-0.05, 0) is 65.6 Å². The maximum absolute atomic E-state index is 13.9. The molecule has 0 aliphatic carbocycles. The van der Waals surface area contributed by atoms with Crippen molar-refractivity contribution in [2.75, 3.05) is 0 Å².